The predicted molar refractivity (Wildman–Crippen MR) is 273 cm³/mol. The molecule has 0 saturated carbocycles. The van der Waals surface area contributed by atoms with Gasteiger partial charge in [0, 0.05) is 6.42 Å². The number of allylic oxidation sites excluding steroid dienone is 12. The first-order valence-corrected chi connectivity index (χ1v) is 26.7. The van der Waals surface area contributed by atoms with Crippen LogP contribution in [0.4, 0.5) is 0 Å². The van der Waals surface area contributed by atoms with E-state index in [9.17, 15) is 19.8 Å². The van der Waals surface area contributed by atoms with Crippen molar-refractivity contribution in [3.8, 4) is 0 Å². The first-order valence-electron chi connectivity index (χ1n) is 26.7. The SMILES string of the molecule is CCCCC/C=C\C/C=C\C/C=C\CCCCCCC(CC(=O)NC(CO)C(O)CCCCCCCCCCC)OC(=O)CCCCCCC/C=C/C=C/C=C/CCCCCCC. The summed E-state index contributed by atoms with van der Waals surface area (Å²) in [6.07, 6.45) is 63.9. The fourth-order valence-electron chi connectivity index (χ4n) is 7.73. The fraction of sp³-hybridized carbons (Fsp3) is 0.754. The Labute approximate surface area is 390 Å². The van der Waals surface area contributed by atoms with Gasteiger partial charge in [-0.2, -0.15) is 0 Å². The average molecular weight is 880 g/mol. The molecule has 3 atom stereocenters. The standard InChI is InChI=1S/C57H101NO5/c1-4-7-10-13-16-19-21-23-25-27-29-31-33-35-38-41-44-47-50-57(62)63-53(48-45-42-39-37-34-32-30-28-26-24-22-20-17-14-11-8-5-2)51-56(61)58-54(52-59)55(60)49-46-43-40-36-18-15-12-9-6-3/h17,20-21,23-27,29-32,53-55,59-60H,4-16,18-19,22,28,33-52H2,1-3H3,(H,58,61)/b20-17-,23-21+,26-24-,27-25+,31-29+,32-30-. The summed E-state index contributed by atoms with van der Waals surface area (Å²) >= 11 is 0. The molecule has 0 aromatic heterocycles. The Hall–Kier alpha value is -2.70. The summed E-state index contributed by atoms with van der Waals surface area (Å²) in [5, 5.41) is 23.7. The molecule has 6 nitrogen and oxygen atoms in total. The van der Waals surface area contributed by atoms with Gasteiger partial charge in [-0.15, -0.1) is 0 Å². The van der Waals surface area contributed by atoms with Crippen molar-refractivity contribution in [2.45, 2.75) is 270 Å². The van der Waals surface area contributed by atoms with Gasteiger partial charge < -0.3 is 20.3 Å². The average Bonchev–Trinajstić information content (AvgIpc) is 3.28. The third-order valence-corrected chi connectivity index (χ3v) is 11.8. The van der Waals surface area contributed by atoms with Crippen LogP contribution in [0.25, 0.3) is 0 Å². The van der Waals surface area contributed by atoms with Crippen molar-refractivity contribution >= 4 is 11.9 Å². The van der Waals surface area contributed by atoms with E-state index in [1.54, 1.807) is 0 Å². The fourth-order valence-corrected chi connectivity index (χ4v) is 7.73. The van der Waals surface area contributed by atoms with E-state index < -0.39 is 18.2 Å². The molecule has 6 heteroatoms. The Morgan fingerprint density at radius 2 is 0.873 bits per heavy atom. The third kappa shape index (κ3) is 45.7. The smallest absolute Gasteiger partial charge is 0.306 e. The van der Waals surface area contributed by atoms with Crippen molar-refractivity contribution in [2.75, 3.05) is 6.61 Å². The molecule has 0 spiro atoms. The number of carbonyl (C=O) groups is 2. The highest BCUT2D eigenvalue weighted by Gasteiger charge is 2.24. The molecule has 0 aromatic rings. The minimum atomic E-state index is -0.799. The van der Waals surface area contributed by atoms with E-state index >= 15 is 0 Å². The number of nitrogens with one attached hydrogen (secondary N) is 1. The van der Waals surface area contributed by atoms with E-state index in [1.165, 1.54) is 103 Å². The van der Waals surface area contributed by atoms with E-state index in [0.717, 1.165) is 103 Å². The zero-order valence-corrected chi connectivity index (χ0v) is 41.4. The lowest BCUT2D eigenvalue weighted by molar-refractivity contribution is -0.151. The van der Waals surface area contributed by atoms with E-state index in [4.69, 9.17) is 4.74 Å². The summed E-state index contributed by atoms with van der Waals surface area (Å²) in [5.74, 6) is -0.520. The molecular weight excluding hydrogens is 779 g/mol. The van der Waals surface area contributed by atoms with Gasteiger partial charge in [0.05, 0.1) is 25.2 Å². The van der Waals surface area contributed by atoms with E-state index in [1.807, 2.05) is 0 Å². The number of hydrogen-bond donors (Lipinski definition) is 3. The van der Waals surface area contributed by atoms with Crippen LogP contribution in [0.1, 0.15) is 252 Å². The number of aliphatic hydroxyl groups is 2. The molecule has 0 saturated heterocycles. The second kappa shape index (κ2) is 50.3. The third-order valence-electron chi connectivity index (χ3n) is 11.8. The predicted octanol–water partition coefficient (Wildman–Crippen LogP) is 16.2. The number of unbranched alkanes of at least 4 members (excludes halogenated alkanes) is 25. The zero-order valence-electron chi connectivity index (χ0n) is 41.4. The largest absolute Gasteiger partial charge is 0.462 e. The van der Waals surface area contributed by atoms with Gasteiger partial charge >= 0.3 is 5.97 Å². The second-order valence-corrected chi connectivity index (χ2v) is 18.0. The summed E-state index contributed by atoms with van der Waals surface area (Å²) in [6, 6.07) is -0.715. The molecule has 0 fully saturated rings. The van der Waals surface area contributed by atoms with Crippen LogP contribution in [0.15, 0.2) is 72.9 Å². The van der Waals surface area contributed by atoms with Crippen molar-refractivity contribution in [3.63, 3.8) is 0 Å². The lowest BCUT2D eigenvalue weighted by atomic mass is 10.0. The van der Waals surface area contributed by atoms with Crippen LogP contribution in [0, 0.1) is 0 Å². The number of hydrogen-bond acceptors (Lipinski definition) is 5. The van der Waals surface area contributed by atoms with Crippen molar-refractivity contribution in [1.29, 1.82) is 0 Å². The zero-order chi connectivity index (χ0) is 45.9. The van der Waals surface area contributed by atoms with E-state index in [2.05, 4.69) is 99.0 Å². The number of rotatable bonds is 47. The minimum absolute atomic E-state index is 0.0516. The van der Waals surface area contributed by atoms with Gasteiger partial charge in [0.1, 0.15) is 6.10 Å². The Kier molecular flexibility index (Phi) is 48.1. The van der Waals surface area contributed by atoms with Crippen molar-refractivity contribution in [2.24, 2.45) is 0 Å². The highest BCUT2D eigenvalue weighted by atomic mass is 16.5. The molecule has 3 N–H and O–H groups in total. The summed E-state index contributed by atoms with van der Waals surface area (Å²) in [6.45, 7) is 6.41. The van der Waals surface area contributed by atoms with E-state index in [0.29, 0.717) is 19.3 Å². The van der Waals surface area contributed by atoms with Crippen molar-refractivity contribution in [1.82, 2.24) is 5.32 Å². The lowest BCUT2D eigenvalue weighted by Crippen LogP contribution is -2.46. The molecule has 0 heterocycles. The molecule has 63 heavy (non-hydrogen) atoms. The van der Waals surface area contributed by atoms with Gasteiger partial charge in [-0.1, -0.05) is 222 Å². The molecule has 1 amide bonds. The number of ether oxygens (including phenoxy) is 1. The van der Waals surface area contributed by atoms with Gasteiger partial charge in [0.15, 0.2) is 0 Å². The van der Waals surface area contributed by atoms with Crippen molar-refractivity contribution in [3.05, 3.63) is 72.9 Å². The van der Waals surface area contributed by atoms with Crippen LogP contribution in [0.5, 0.6) is 0 Å². The second-order valence-electron chi connectivity index (χ2n) is 18.0. The molecule has 0 aliphatic carbocycles. The monoisotopic (exact) mass is 880 g/mol. The van der Waals surface area contributed by atoms with Gasteiger partial charge in [0.2, 0.25) is 5.91 Å². The number of esters is 1. The molecule has 0 aromatic carbocycles. The summed E-state index contributed by atoms with van der Waals surface area (Å²) in [4.78, 5) is 26.2. The highest BCUT2D eigenvalue weighted by Crippen LogP contribution is 2.17. The topological polar surface area (TPSA) is 95.9 Å². The molecule has 0 aliphatic heterocycles. The number of carbonyl (C=O) groups excluding carboxylic acids is 2. The van der Waals surface area contributed by atoms with Crippen LogP contribution in [0.2, 0.25) is 0 Å². The maximum atomic E-state index is 13.2. The first-order chi connectivity index (χ1) is 31.0. The van der Waals surface area contributed by atoms with Crippen molar-refractivity contribution < 1.29 is 24.5 Å². The summed E-state index contributed by atoms with van der Waals surface area (Å²) in [5.41, 5.74) is 0. The Morgan fingerprint density at radius 3 is 1.38 bits per heavy atom. The first kappa shape index (κ1) is 60.3. The minimum Gasteiger partial charge on any atom is -0.462 e. The Morgan fingerprint density at radius 1 is 0.476 bits per heavy atom. The molecule has 0 bridgehead atoms. The molecular formula is C57H101NO5. The van der Waals surface area contributed by atoms with Gasteiger partial charge in [-0.05, 0) is 89.9 Å². The number of amides is 1. The van der Waals surface area contributed by atoms with Crippen LogP contribution < -0.4 is 5.32 Å². The van der Waals surface area contributed by atoms with Gasteiger partial charge in [-0.3, -0.25) is 9.59 Å². The van der Waals surface area contributed by atoms with Crippen LogP contribution >= 0.6 is 0 Å². The number of aliphatic hydroxyl groups excluding tert-OH is 2. The molecule has 0 rings (SSSR count). The highest BCUT2D eigenvalue weighted by molar-refractivity contribution is 5.77. The van der Waals surface area contributed by atoms with Crippen LogP contribution in [-0.2, 0) is 14.3 Å². The van der Waals surface area contributed by atoms with Crippen LogP contribution in [-0.4, -0.2) is 46.9 Å². The molecule has 3 unspecified atom stereocenters. The van der Waals surface area contributed by atoms with E-state index in [-0.39, 0.29) is 24.9 Å². The maximum absolute atomic E-state index is 13.2. The summed E-state index contributed by atoms with van der Waals surface area (Å²) in [7, 11) is 0. The normalized spacial score (nSPS) is 13.8. The van der Waals surface area contributed by atoms with Gasteiger partial charge in [-0.25, -0.2) is 0 Å². The molecule has 0 aliphatic rings. The maximum Gasteiger partial charge on any atom is 0.306 e. The quantitative estimate of drug-likeness (QED) is 0.0245. The molecule has 0 radical (unpaired) electrons. The Balaban J connectivity index is 4.66. The lowest BCUT2D eigenvalue weighted by Gasteiger charge is -2.24. The van der Waals surface area contributed by atoms with Crippen LogP contribution in [0.3, 0.4) is 0 Å². The van der Waals surface area contributed by atoms with Gasteiger partial charge in [0.25, 0.3) is 0 Å². The molecule has 364 valence electrons. The summed E-state index contributed by atoms with van der Waals surface area (Å²) < 4.78 is 5.93. The Bertz CT molecular complexity index is 1170.